The van der Waals surface area contributed by atoms with Crippen molar-refractivity contribution in [1.29, 1.82) is 0 Å². The summed E-state index contributed by atoms with van der Waals surface area (Å²) in [6.45, 7) is 4.30. The molecule has 0 aromatic carbocycles. The first-order chi connectivity index (χ1) is 11.2. The Hall–Kier alpha value is -1.58. The van der Waals surface area contributed by atoms with Crippen LogP contribution >= 0.6 is 0 Å². The third-order valence-corrected chi connectivity index (χ3v) is 4.59. The molecule has 1 aliphatic carbocycles. The maximum atomic E-state index is 12.4. The number of carbonyl (C=O) groups is 1. The maximum absolute atomic E-state index is 12.4. The van der Waals surface area contributed by atoms with Gasteiger partial charge in [-0.2, -0.15) is 0 Å². The third-order valence-electron chi connectivity index (χ3n) is 4.59. The summed E-state index contributed by atoms with van der Waals surface area (Å²) in [6.07, 6.45) is 10.1. The molecule has 128 valence electrons. The van der Waals surface area contributed by atoms with Gasteiger partial charge in [-0.1, -0.05) is 32.8 Å². The molecular formula is C19H30N2O2. The van der Waals surface area contributed by atoms with Crippen LogP contribution in [0.5, 0.6) is 5.88 Å². The van der Waals surface area contributed by atoms with Crippen LogP contribution in [0.15, 0.2) is 24.4 Å². The predicted octanol–water partition coefficient (Wildman–Crippen LogP) is 4.10. The fourth-order valence-corrected chi connectivity index (χ4v) is 3.34. The van der Waals surface area contributed by atoms with Crippen molar-refractivity contribution in [3.05, 3.63) is 24.4 Å². The van der Waals surface area contributed by atoms with Gasteiger partial charge in [-0.3, -0.25) is 4.79 Å². The second-order valence-corrected chi connectivity index (χ2v) is 6.54. The third kappa shape index (κ3) is 5.85. The lowest BCUT2D eigenvalue weighted by molar-refractivity contribution is -0.126. The van der Waals surface area contributed by atoms with Crippen molar-refractivity contribution < 1.29 is 9.53 Å². The molecule has 1 aromatic heterocycles. The molecule has 4 heteroatoms. The van der Waals surface area contributed by atoms with E-state index in [4.69, 9.17) is 4.74 Å². The van der Waals surface area contributed by atoms with E-state index in [1.54, 1.807) is 6.20 Å². The first-order valence-corrected chi connectivity index (χ1v) is 9.11. The van der Waals surface area contributed by atoms with Crippen LogP contribution in [0.2, 0.25) is 0 Å². The van der Waals surface area contributed by atoms with Crippen LogP contribution in [0.1, 0.15) is 65.2 Å². The van der Waals surface area contributed by atoms with Gasteiger partial charge >= 0.3 is 0 Å². The van der Waals surface area contributed by atoms with Gasteiger partial charge in [0.1, 0.15) is 6.10 Å². The van der Waals surface area contributed by atoms with E-state index in [2.05, 4.69) is 24.1 Å². The summed E-state index contributed by atoms with van der Waals surface area (Å²) in [5, 5.41) is 3.26. The van der Waals surface area contributed by atoms with Crippen molar-refractivity contribution in [1.82, 2.24) is 10.3 Å². The standard InChI is InChI=1S/C19H30N2O2/c1-3-7-15(8-4-2)19(22)21-16-10-12-17(13-11-16)23-18-9-5-6-14-20-18/h5-6,9,14-17H,3-4,7-8,10-13H2,1-2H3,(H,21,22). The number of aromatic nitrogens is 1. The Morgan fingerprint density at radius 1 is 1.22 bits per heavy atom. The highest BCUT2D eigenvalue weighted by Gasteiger charge is 2.26. The van der Waals surface area contributed by atoms with E-state index in [1.807, 2.05) is 18.2 Å². The van der Waals surface area contributed by atoms with Gasteiger partial charge in [-0.15, -0.1) is 0 Å². The number of ether oxygens (including phenoxy) is 1. The molecule has 0 radical (unpaired) electrons. The molecule has 0 saturated heterocycles. The zero-order valence-corrected chi connectivity index (χ0v) is 14.5. The zero-order chi connectivity index (χ0) is 16.5. The van der Waals surface area contributed by atoms with Gasteiger partial charge in [0.15, 0.2) is 0 Å². The first-order valence-electron chi connectivity index (χ1n) is 9.11. The average Bonchev–Trinajstić information content (AvgIpc) is 2.57. The molecule has 23 heavy (non-hydrogen) atoms. The fourth-order valence-electron chi connectivity index (χ4n) is 3.34. The van der Waals surface area contributed by atoms with Crippen molar-refractivity contribution in [3.8, 4) is 5.88 Å². The molecule has 1 heterocycles. The molecular weight excluding hydrogens is 288 g/mol. The number of hydrogen-bond donors (Lipinski definition) is 1. The number of nitrogens with one attached hydrogen (secondary N) is 1. The largest absolute Gasteiger partial charge is 0.474 e. The van der Waals surface area contributed by atoms with Gasteiger partial charge in [-0.05, 0) is 44.6 Å². The number of carbonyl (C=O) groups excluding carboxylic acids is 1. The number of nitrogens with zero attached hydrogens (tertiary/aromatic N) is 1. The molecule has 4 nitrogen and oxygen atoms in total. The van der Waals surface area contributed by atoms with Crippen LogP contribution in [0.3, 0.4) is 0 Å². The van der Waals surface area contributed by atoms with Crippen LogP contribution in [0, 0.1) is 5.92 Å². The lowest BCUT2D eigenvalue weighted by Crippen LogP contribution is -2.42. The van der Waals surface area contributed by atoms with E-state index >= 15 is 0 Å². The molecule has 2 rings (SSSR count). The van der Waals surface area contributed by atoms with E-state index in [0.717, 1.165) is 51.4 Å². The van der Waals surface area contributed by atoms with E-state index in [1.165, 1.54) is 0 Å². The van der Waals surface area contributed by atoms with Crippen LogP contribution in [-0.2, 0) is 4.79 Å². The quantitative estimate of drug-likeness (QED) is 0.785. The Kier molecular flexibility index (Phi) is 7.37. The summed E-state index contributed by atoms with van der Waals surface area (Å²) < 4.78 is 5.91. The summed E-state index contributed by atoms with van der Waals surface area (Å²) in [6, 6.07) is 6.04. The van der Waals surface area contributed by atoms with Crippen molar-refractivity contribution in [2.24, 2.45) is 5.92 Å². The molecule has 0 aliphatic heterocycles. The van der Waals surface area contributed by atoms with Gasteiger partial charge in [0.25, 0.3) is 0 Å². The van der Waals surface area contributed by atoms with E-state index in [0.29, 0.717) is 11.9 Å². The second-order valence-electron chi connectivity index (χ2n) is 6.54. The van der Waals surface area contributed by atoms with Crippen LogP contribution in [0.4, 0.5) is 0 Å². The minimum absolute atomic E-state index is 0.187. The van der Waals surface area contributed by atoms with Gasteiger partial charge in [0.05, 0.1) is 0 Å². The van der Waals surface area contributed by atoms with Gasteiger partial charge in [0, 0.05) is 24.2 Å². The summed E-state index contributed by atoms with van der Waals surface area (Å²) in [5.41, 5.74) is 0. The highest BCUT2D eigenvalue weighted by molar-refractivity contribution is 5.78. The molecule has 0 atom stereocenters. The smallest absolute Gasteiger partial charge is 0.223 e. The Labute approximate surface area is 140 Å². The molecule has 0 spiro atoms. The van der Waals surface area contributed by atoms with Crippen molar-refractivity contribution in [2.45, 2.75) is 77.4 Å². The topological polar surface area (TPSA) is 51.2 Å². The van der Waals surface area contributed by atoms with Gasteiger partial charge in [-0.25, -0.2) is 4.98 Å². The normalized spacial score (nSPS) is 21.2. The number of rotatable bonds is 8. The SMILES string of the molecule is CCCC(CCC)C(=O)NC1CCC(Oc2ccccn2)CC1. The first kappa shape index (κ1) is 17.8. The number of amides is 1. The average molecular weight is 318 g/mol. The van der Waals surface area contributed by atoms with E-state index in [9.17, 15) is 4.79 Å². The molecule has 1 N–H and O–H groups in total. The molecule has 0 unspecified atom stereocenters. The monoisotopic (exact) mass is 318 g/mol. The second kappa shape index (κ2) is 9.53. The molecule has 0 bridgehead atoms. The Morgan fingerprint density at radius 2 is 1.91 bits per heavy atom. The zero-order valence-electron chi connectivity index (χ0n) is 14.5. The van der Waals surface area contributed by atoms with Crippen LogP contribution < -0.4 is 10.1 Å². The molecule has 1 aromatic rings. The van der Waals surface area contributed by atoms with Gasteiger partial charge < -0.3 is 10.1 Å². The Bertz CT molecular complexity index is 450. The van der Waals surface area contributed by atoms with Crippen molar-refractivity contribution >= 4 is 5.91 Å². The summed E-state index contributed by atoms with van der Waals surface area (Å²) >= 11 is 0. The Morgan fingerprint density at radius 3 is 2.48 bits per heavy atom. The molecule has 1 aliphatic rings. The van der Waals surface area contributed by atoms with E-state index in [-0.39, 0.29) is 17.9 Å². The summed E-state index contributed by atoms with van der Waals surface area (Å²) in [5.74, 6) is 1.14. The molecule has 1 amide bonds. The highest BCUT2D eigenvalue weighted by Crippen LogP contribution is 2.23. The van der Waals surface area contributed by atoms with Crippen molar-refractivity contribution in [2.75, 3.05) is 0 Å². The van der Waals surface area contributed by atoms with Gasteiger partial charge in [0.2, 0.25) is 11.8 Å². The Balaban J connectivity index is 1.74. The molecule has 1 fully saturated rings. The van der Waals surface area contributed by atoms with Crippen molar-refractivity contribution in [3.63, 3.8) is 0 Å². The summed E-state index contributed by atoms with van der Waals surface area (Å²) in [4.78, 5) is 16.6. The van der Waals surface area contributed by atoms with Crippen LogP contribution in [0.25, 0.3) is 0 Å². The van der Waals surface area contributed by atoms with Crippen LogP contribution in [-0.4, -0.2) is 23.0 Å². The highest BCUT2D eigenvalue weighted by atomic mass is 16.5. The summed E-state index contributed by atoms with van der Waals surface area (Å²) in [7, 11) is 0. The number of pyridine rings is 1. The lowest BCUT2D eigenvalue weighted by atomic mass is 9.91. The minimum Gasteiger partial charge on any atom is -0.474 e. The number of hydrogen-bond acceptors (Lipinski definition) is 3. The van der Waals surface area contributed by atoms with E-state index < -0.39 is 0 Å². The maximum Gasteiger partial charge on any atom is 0.223 e. The molecule has 1 saturated carbocycles. The minimum atomic E-state index is 0.187. The fraction of sp³-hybridized carbons (Fsp3) is 0.684. The predicted molar refractivity (Wildman–Crippen MR) is 92.4 cm³/mol. The lowest BCUT2D eigenvalue weighted by Gasteiger charge is -2.30.